The van der Waals surface area contributed by atoms with Gasteiger partial charge in [-0.05, 0) is 58.9 Å². The van der Waals surface area contributed by atoms with Crippen LogP contribution in [-0.4, -0.2) is 37.1 Å². The largest absolute Gasteiger partial charge is 3.00 e. The number of ether oxygens (including phenoxy) is 1. The molecule has 0 saturated carbocycles. The van der Waals surface area contributed by atoms with E-state index >= 15 is 0 Å². The summed E-state index contributed by atoms with van der Waals surface area (Å²) in [6, 6.07) is -0.256. The molecule has 0 aliphatic heterocycles. The molecule has 0 bridgehead atoms. The third-order valence-electron chi connectivity index (χ3n) is 7.00. The molecular formula is C24H35BrFeN2O6Si+3. The van der Waals surface area contributed by atoms with Gasteiger partial charge in [-0.25, -0.2) is 9.59 Å². The normalized spacial score (nSPS) is 18.0. The number of carbonyl (C=O) groups excluding carboxylic acids is 1. The molecule has 193 valence electrons. The van der Waals surface area contributed by atoms with Gasteiger partial charge in [0.2, 0.25) is 0 Å². The molecule has 2 atom stereocenters. The van der Waals surface area contributed by atoms with Gasteiger partial charge < -0.3 is 9.16 Å². The van der Waals surface area contributed by atoms with Crippen LogP contribution in [0.25, 0.3) is 0 Å². The predicted octanol–water partition coefficient (Wildman–Crippen LogP) is 4.52. The van der Waals surface area contributed by atoms with E-state index < -0.39 is 25.5 Å². The van der Waals surface area contributed by atoms with Crippen LogP contribution in [0.1, 0.15) is 47.1 Å². The van der Waals surface area contributed by atoms with Crippen molar-refractivity contribution in [3.63, 3.8) is 0 Å². The summed E-state index contributed by atoms with van der Waals surface area (Å²) in [5, 5.41) is 0.0797. The van der Waals surface area contributed by atoms with Crippen molar-refractivity contribution in [3.05, 3.63) is 62.0 Å². The van der Waals surface area contributed by atoms with Crippen molar-refractivity contribution in [3.8, 4) is 0 Å². The molecule has 35 heavy (non-hydrogen) atoms. The molecule has 1 aliphatic carbocycles. The Morgan fingerprint density at radius 3 is 2.51 bits per heavy atom. The number of halogens is 1. The van der Waals surface area contributed by atoms with Crippen LogP contribution in [0.15, 0.2) is 44.1 Å². The number of nitrogens with one attached hydrogen (secondary N) is 1. The van der Waals surface area contributed by atoms with E-state index in [2.05, 4.69) is 68.4 Å². The number of hydrogen-bond acceptors (Lipinski definition) is 5. The van der Waals surface area contributed by atoms with E-state index in [1.165, 1.54) is 16.8 Å². The summed E-state index contributed by atoms with van der Waals surface area (Å²) in [6.45, 7) is 20.5. The first-order chi connectivity index (χ1) is 15.8. The SMILES string of the molecule is CCOC(=O)/C=C/C1=C[C@H](n2cc(Br)c(=O)[nH]c2=O)C[C@@H]1CO[Si](C)(C)C(C)(C)C(C)C.[C-]#[O+].[Fe+3]. The summed E-state index contributed by atoms with van der Waals surface area (Å²) in [7, 11) is -2.04. The van der Waals surface area contributed by atoms with Gasteiger partial charge >= 0.3 is 40.0 Å². The monoisotopic (exact) mass is 610 g/mol. The molecule has 0 fully saturated rings. The predicted molar refractivity (Wildman–Crippen MR) is 136 cm³/mol. The van der Waals surface area contributed by atoms with E-state index in [4.69, 9.17) is 13.8 Å². The molecule has 1 N–H and O–H groups in total. The first-order valence-corrected chi connectivity index (χ1v) is 14.9. The molecule has 0 aromatic carbocycles. The molecule has 1 radical (unpaired) electrons. The third-order valence-corrected chi connectivity index (χ3v) is 12.1. The van der Waals surface area contributed by atoms with Crippen LogP contribution in [-0.2, 0) is 35.7 Å². The number of nitrogens with zero attached hydrogens (tertiary/aromatic N) is 1. The number of H-pyrrole nitrogens is 1. The number of rotatable bonds is 9. The van der Waals surface area contributed by atoms with Crippen LogP contribution >= 0.6 is 15.9 Å². The van der Waals surface area contributed by atoms with Crippen molar-refractivity contribution >= 4 is 30.2 Å². The fraction of sp³-hybridized carbons (Fsp3) is 0.583. The maximum atomic E-state index is 12.4. The fourth-order valence-electron chi connectivity index (χ4n) is 3.66. The molecule has 0 unspecified atom stereocenters. The van der Waals surface area contributed by atoms with Crippen LogP contribution in [0.2, 0.25) is 18.1 Å². The van der Waals surface area contributed by atoms with Gasteiger partial charge in [0, 0.05) is 24.8 Å². The summed E-state index contributed by atoms with van der Waals surface area (Å²) < 4.78 is 20.9. The maximum absolute atomic E-state index is 12.4. The van der Waals surface area contributed by atoms with E-state index in [1.54, 1.807) is 13.0 Å². The molecule has 1 aromatic rings. The average molecular weight is 611 g/mol. The van der Waals surface area contributed by atoms with Gasteiger partial charge in [0.15, 0.2) is 8.32 Å². The number of aromatic nitrogens is 2. The second-order valence-corrected chi connectivity index (χ2v) is 15.0. The first kappa shape index (κ1) is 33.5. The number of hydrogen-bond donors (Lipinski definition) is 1. The number of allylic oxidation sites excluding steroid dienone is 2. The van der Waals surface area contributed by atoms with Gasteiger partial charge in [-0.15, -0.1) is 0 Å². The molecule has 0 amide bonds. The summed E-state index contributed by atoms with van der Waals surface area (Å²) >= 11 is 3.20. The summed E-state index contributed by atoms with van der Waals surface area (Å²) in [4.78, 5) is 38.3. The molecule has 8 nitrogen and oxygen atoms in total. The molecule has 1 heterocycles. The summed E-state index contributed by atoms with van der Waals surface area (Å²) in [5.41, 5.74) is -0.00554. The molecule has 2 rings (SSSR count). The topological polar surface area (TPSA) is 110 Å². The van der Waals surface area contributed by atoms with Gasteiger partial charge in [0.25, 0.3) is 5.56 Å². The number of esters is 1. The van der Waals surface area contributed by atoms with Crippen LogP contribution in [0, 0.1) is 18.5 Å². The van der Waals surface area contributed by atoms with Gasteiger partial charge in [-0.1, -0.05) is 39.8 Å². The Morgan fingerprint density at radius 2 is 1.97 bits per heavy atom. The zero-order valence-electron chi connectivity index (χ0n) is 21.3. The van der Waals surface area contributed by atoms with E-state index in [0.29, 0.717) is 30.0 Å². The minimum Gasteiger partial charge on any atom is 3.00 e. The summed E-state index contributed by atoms with van der Waals surface area (Å²) in [5.74, 6) is 0.0884. The Labute approximate surface area is 227 Å². The Morgan fingerprint density at radius 1 is 1.37 bits per heavy atom. The number of aromatic amines is 1. The van der Waals surface area contributed by atoms with Crippen LogP contribution < -0.4 is 11.2 Å². The van der Waals surface area contributed by atoms with E-state index in [0.717, 1.165) is 5.57 Å². The second kappa shape index (κ2) is 14.3. The molecule has 0 saturated heterocycles. The minimum absolute atomic E-state index is 0. The van der Waals surface area contributed by atoms with Gasteiger partial charge in [0.05, 0.1) is 17.1 Å². The van der Waals surface area contributed by atoms with E-state index in [9.17, 15) is 14.4 Å². The molecule has 1 aliphatic rings. The third kappa shape index (κ3) is 8.56. The van der Waals surface area contributed by atoms with Gasteiger partial charge in [-0.2, -0.15) is 0 Å². The zero-order chi connectivity index (χ0) is 26.3. The van der Waals surface area contributed by atoms with Crippen molar-refractivity contribution in [2.75, 3.05) is 13.2 Å². The van der Waals surface area contributed by atoms with Crippen molar-refractivity contribution in [2.45, 2.75) is 65.2 Å². The van der Waals surface area contributed by atoms with E-state index in [-0.39, 0.29) is 34.1 Å². The van der Waals surface area contributed by atoms with Gasteiger partial charge in [0.1, 0.15) is 0 Å². The van der Waals surface area contributed by atoms with E-state index in [1.807, 2.05) is 6.08 Å². The Hall–Kier alpha value is -1.45. The summed E-state index contributed by atoms with van der Waals surface area (Å²) in [6.07, 6.45) is 7.27. The zero-order valence-corrected chi connectivity index (χ0v) is 25.0. The second-order valence-electron chi connectivity index (χ2n) is 9.59. The molecular weight excluding hydrogens is 576 g/mol. The smallest absolute Gasteiger partial charge is 3.00 e. The Balaban J connectivity index is 0.00000375. The molecule has 0 spiro atoms. The number of carbonyl (C=O) groups is 1. The van der Waals surface area contributed by atoms with Crippen LogP contribution in [0.5, 0.6) is 0 Å². The van der Waals surface area contributed by atoms with Crippen molar-refractivity contribution < 1.29 is 35.7 Å². The van der Waals surface area contributed by atoms with Crippen molar-refractivity contribution in [1.29, 1.82) is 0 Å². The Kier molecular flexibility index (Phi) is 13.7. The van der Waals surface area contributed by atoms with Gasteiger partial charge in [-0.3, -0.25) is 14.3 Å². The molecule has 1 aromatic heterocycles. The average Bonchev–Trinajstić information content (AvgIpc) is 3.17. The van der Waals surface area contributed by atoms with Crippen molar-refractivity contribution in [2.24, 2.45) is 11.8 Å². The quantitative estimate of drug-likeness (QED) is 0.145. The maximum Gasteiger partial charge on any atom is 3.00 e. The standard InChI is InChI=1S/C23H35BrN2O5Si.CO.Fe/c1-8-30-20(27)10-9-16-11-18(26-13-19(24)21(28)25-22(26)29)12-17(16)14-31-32(6,7)23(4,5)15(2)3;1-2;/h9-11,13,15,17-18H,8,12,14H2,1-7H3,(H,25,28,29);;/q;;+3/b10-9+;;/t17-,18+;;/m1../s1. The fourth-order valence-corrected chi connectivity index (χ4v) is 6.36. The van der Waals surface area contributed by atoms with Crippen molar-refractivity contribution in [1.82, 2.24) is 9.55 Å². The Bertz CT molecular complexity index is 1060. The van der Waals surface area contributed by atoms with Crippen LogP contribution in [0.3, 0.4) is 0 Å². The first-order valence-electron chi connectivity index (χ1n) is 11.2. The minimum atomic E-state index is -2.04. The van der Waals surface area contributed by atoms with Crippen LogP contribution in [0.4, 0.5) is 0 Å². The molecule has 11 heteroatoms.